The first-order chi connectivity index (χ1) is 7.75. The number of rotatable bonds is 3. The van der Waals surface area contributed by atoms with Crippen LogP contribution in [0.5, 0.6) is 0 Å². The van der Waals surface area contributed by atoms with Crippen LogP contribution in [-0.2, 0) is 6.42 Å². The minimum Gasteiger partial charge on any atom is -0.324 e. The number of hydrogen-bond acceptors (Lipinski definition) is 2. The third-order valence-corrected chi connectivity index (χ3v) is 2.46. The first-order valence-electron chi connectivity index (χ1n) is 5.15. The predicted octanol–water partition coefficient (Wildman–Crippen LogP) is 2.46. The maximum atomic E-state index is 13.0. The molecular weight excluding hydrogens is 203 g/mol. The smallest absolute Gasteiger partial charge is 0.123 e. The van der Waals surface area contributed by atoms with Gasteiger partial charge in [-0.15, -0.1) is 0 Å². The van der Waals surface area contributed by atoms with Crippen LogP contribution in [-0.4, -0.2) is 4.98 Å². The quantitative estimate of drug-likeness (QED) is 0.856. The van der Waals surface area contributed by atoms with Crippen molar-refractivity contribution in [3.63, 3.8) is 0 Å². The van der Waals surface area contributed by atoms with Gasteiger partial charge in [0.05, 0.1) is 0 Å². The standard InChI is InChI=1S/C13H13FN2/c14-12-5-1-4-11(8-12)13(15)7-10-3-2-6-16-9-10/h1-6,8-9,13H,7,15H2. The zero-order valence-corrected chi connectivity index (χ0v) is 8.81. The van der Waals surface area contributed by atoms with E-state index in [0.29, 0.717) is 6.42 Å². The lowest BCUT2D eigenvalue weighted by atomic mass is 10.0. The predicted molar refractivity (Wildman–Crippen MR) is 61.3 cm³/mol. The number of nitrogens with zero attached hydrogens (tertiary/aromatic N) is 1. The van der Waals surface area contributed by atoms with Gasteiger partial charge in [-0.1, -0.05) is 18.2 Å². The number of aromatic nitrogens is 1. The topological polar surface area (TPSA) is 38.9 Å². The van der Waals surface area contributed by atoms with E-state index in [4.69, 9.17) is 5.73 Å². The van der Waals surface area contributed by atoms with Crippen molar-refractivity contribution in [2.75, 3.05) is 0 Å². The summed E-state index contributed by atoms with van der Waals surface area (Å²) in [5.41, 5.74) is 7.87. The molecule has 16 heavy (non-hydrogen) atoms. The molecule has 0 amide bonds. The SMILES string of the molecule is NC(Cc1cccnc1)c1cccc(F)c1. The molecule has 0 aliphatic rings. The van der Waals surface area contributed by atoms with E-state index in [0.717, 1.165) is 11.1 Å². The van der Waals surface area contributed by atoms with Gasteiger partial charge in [-0.05, 0) is 35.7 Å². The Morgan fingerprint density at radius 1 is 1.25 bits per heavy atom. The molecule has 1 heterocycles. The molecule has 2 N–H and O–H groups in total. The summed E-state index contributed by atoms with van der Waals surface area (Å²) in [5, 5.41) is 0. The van der Waals surface area contributed by atoms with Gasteiger partial charge >= 0.3 is 0 Å². The van der Waals surface area contributed by atoms with Crippen LogP contribution in [0.3, 0.4) is 0 Å². The summed E-state index contributed by atoms with van der Waals surface area (Å²) in [7, 11) is 0. The molecule has 0 fully saturated rings. The maximum Gasteiger partial charge on any atom is 0.123 e. The van der Waals surface area contributed by atoms with E-state index in [1.807, 2.05) is 18.2 Å². The van der Waals surface area contributed by atoms with E-state index in [1.54, 1.807) is 18.5 Å². The first-order valence-corrected chi connectivity index (χ1v) is 5.15. The second kappa shape index (κ2) is 4.86. The molecule has 2 rings (SSSR count). The van der Waals surface area contributed by atoms with Crippen LogP contribution in [0.2, 0.25) is 0 Å². The van der Waals surface area contributed by atoms with E-state index >= 15 is 0 Å². The van der Waals surface area contributed by atoms with Crippen LogP contribution in [0.4, 0.5) is 4.39 Å². The zero-order chi connectivity index (χ0) is 11.4. The van der Waals surface area contributed by atoms with Crippen molar-refractivity contribution >= 4 is 0 Å². The van der Waals surface area contributed by atoms with Crippen LogP contribution in [0, 0.1) is 5.82 Å². The highest BCUT2D eigenvalue weighted by atomic mass is 19.1. The Balaban J connectivity index is 2.12. The monoisotopic (exact) mass is 216 g/mol. The summed E-state index contributed by atoms with van der Waals surface area (Å²) < 4.78 is 13.0. The van der Waals surface area contributed by atoms with Crippen molar-refractivity contribution in [1.29, 1.82) is 0 Å². The molecule has 82 valence electrons. The third-order valence-electron chi connectivity index (χ3n) is 2.46. The van der Waals surface area contributed by atoms with Crippen LogP contribution in [0.1, 0.15) is 17.2 Å². The fourth-order valence-electron chi connectivity index (χ4n) is 1.63. The van der Waals surface area contributed by atoms with Crippen molar-refractivity contribution in [3.8, 4) is 0 Å². The van der Waals surface area contributed by atoms with E-state index in [1.165, 1.54) is 12.1 Å². The van der Waals surface area contributed by atoms with E-state index < -0.39 is 0 Å². The second-order valence-corrected chi connectivity index (χ2v) is 3.73. The van der Waals surface area contributed by atoms with Gasteiger partial charge in [-0.25, -0.2) is 4.39 Å². The summed E-state index contributed by atoms with van der Waals surface area (Å²) >= 11 is 0. The van der Waals surface area contributed by atoms with Crippen molar-refractivity contribution in [2.24, 2.45) is 5.73 Å². The number of hydrogen-bond donors (Lipinski definition) is 1. The number of halogens is 1. The Morgan fingerprint density at radius 2 is 2.12 bits per heavy atom. The summed E-state index contributed by atoms with van der Waals surface area (Å²) in [4.78, 5) is 4.02. The lowest BCUT2D eigenvalue weighted by Crippen LogP contribution is -2.13. The van der Waals surface area contributed by atoms with Gasteiger partial charge in [0.2, 0.25) is 0 Å². The fourth-order valence-corrected chi connectivity index (χ4v) is 1.63. The van der Waals surface area contributed by atoms with Gasteiger partial charge in [0.15, 0.2) is 0 Å². The average molecular weight is 216 g/mol. The minimum atomic E-state index is -0.251. The molecule has 1 unspecified atom stereocenters. The van der Waals surface area contributed by atoms with Gasteiger partial charge in [0.1, 0.15) is 5.82 Å². The fraction of sp³-hybridized carbons (Fsp3) is 0.154. The Morgan fingerprint density at radius 3 is 2.81 bits per heavy atom. The van der Waals surface area contributed by atoms with Crippen LogP contribution in [0.25, 0.3) is 0 Å². The highest BCUT2D eigenvalue weighted by Gasteiger charge is 2.07. The van der Waals surface area contributed by atoms with Gasteiger partial charge in [-0.2, -0.15) is 0 Å². The summed E-state index contributed by atoms with van der Waals surface area (Å²) in [6, 6.07) is 10.0. The van der Waals surface area contributed by atoms with Crippen molar-refractivity contribution in [3.05, 3.63) is 65.7 Å². The maximum absolute atomic E-state index is 13.0. The molecule has 0 aliphatic carbocycles. The summed E-state index contributed by atoms with van der Waals surface area (Å²) in [6.07, 6.45) is 4.16. The summed E-state index contributed by atoms with van der Waals surface area (Å²) in [6.45, 7) is 0. The average Bonchev–Trinajstić information content (AvgIpc) is 2.30. The number of pyridine rings is 1. The Bertz CT molecular complexity index is 456. The van der Waals surface area contributed by atoms with Gasteiger partial charge in [-0.3, -0.25) is 4.98 Å². The Hall–Kier alpha value is -1.74. The molecule has 0 bridgehead atoms. The molecule has 0 aliphatic heterocycles. The minimum absolute atomic E-state index is 0.195. The largest absolute Gasteiger partial charge is 0.324 e. The lowest BCUT2D eigenvalue weighted by molar-refractivity contribution is 0.618. The molecule has 2 nitrogen and oxygen atoms in total. The van der Waals surface area contributed by atoms with Crippen molar-refractivity contribution in [1.82, 2.24) is 4.98 Å². The molecule has 1 aromatic carbocycles. The molecule has 1 aromatic heterocycles. The Labute approximate surface area is 93.9 Å². The second-order valence-electron chi connectivity index (χ2n) is 3.73. The zero-order valence-electron chi connectivity index (χ0n) is 8.81. The van der Waals surface area contributed by atoms with Gasteiger partial charge in [0, 0.05) is 18.4 Å². The van der Waals surface area contributed by atoms with E-state index in [2.05, 4.69) is 4.98 Å². The van der Waals surface area contributed by atoms with E-state index in [-0.39, 0.29) is 11.9 Å². The molecular formula is C13H13FN2. The first kappa shape index (κ1) is 10.8. The Kier molecular flexibility index (Phi) is 3.27. The van der Waals surface area contributed by atoms with Crippen molar-refractivity contribution < 1.29 is 4.39 Å². The molecule has 1 atom stereocenters. The van der Waals surface area contributed by atoms with Gasteiger partial charge in [0.25, 0.3) is 0 Å². The van der Waals surface area contributed by atoms with Gasteiger partial charge < -0.3 is 5.73 Å². The van der Waals surface area contributed by atoms with Crippen LogP contribution < -0.4 is 5.73 Å². The van der Waals surface area contributed by atoms with Crippen LogP contribution in [0.15, 0.2) is 48.8 Å². The van der Waals surface area contributed by atoms with Crippen molar-refractivity contribution in [2.45, 2.75) is 12.5 Å². The highest BCUT2D eigenvalue weighted by molar-refractivity contribution is 5.22. The molecule has 0 saturated carbocycles. The molecule has 2 aromatic rings. The normalized spacial score (nSPS) is 12.4. The lowest BCUT2D eigenvalue weighted by Gasteiger charge is -2.11. The highest BCUT2D eigenvalue weighted by Crippen LogP contribution is 2.16. The number of benzene rings is 1. The molecule has 3 heteroatoms. The van der Waals surface area contributed by atoms with Crippen LogP contribution >= 0.6 is 0 Å². The number of nitrogens with two attached hydrogens (primary N) is 1. The third kappa shape index (κ3) is 2.64. The molecule has 0 radical (unpaired) electrons. The molecule has 0 saturated heterocycles. The summed E-state index contributed by atoms with van der Waals surface area (Å²) in [5.74, 6) is -0.251. The molecule has 0 spiro atoms. The van der Waals surface area contributed by atoms with E-state index in [9.17, 15) is 4.39 Å².